The summed E-state index contributed by atoms with van der Waals surface area (Å²) in [6, 6.07) is 9.34. The highest BCUT2D eigenvalue weighted by Crippen LogP contribution is 2.20. The van der Waals surface area contributed by atoms with Gasteiger partial charge in [0.1, 0.15) is 6.04 Å². The van der Waals surface area contributed by atoms with Gasteiger partial charge in [0, 0.05) is 19.7 Å². The molecule has 6 nitrogen and oxygen atoms in total. The SMILES string of the molecule is CS(=O)(=O)N1CCCC1C(=O)NCCCOCc1ccccc1. The third-order valence-corrected chi connectivity index (χ3v) is 5.10. The zero-order chi connectivity index (χ0) is 16.7. The molecule has 23 heavy (non-hydrogen) atoms. The van der Waals surface area contributed by atoms with Crippen LogP contribution in [-0.4, -0.2) is 50.6 Å². The molecular weight excluding hydrogens is 316 g/mol. The summed E-state index contributed by atoms with van der Waals surface area (Å²) in [6.07, 6.45) is 3.16. The Hall–Kier alpha value is -1.44. The van der Waals surface area contributed by atoms with Crippen molar-refractivity contribution < 1.29 is 17.9 Å². The molecule has 0 saturated carbocycles. The van der Waals surface area contributed by atoms with E-state index in [9.17, 15) is 13.2 Å². The standard InChI is InChI=1S/C16H24N2O4S/c1-23(20,21)18-11-5-9-15(18)16(19)17-10-6-12-22-13-14-7-3-2-4-8-14/h2-4,7-8,15H,5-6,9-13H2,1H3,(H,17,19). The number of hydrogen-bond donors (Lipinski definition) is 1. The summed E-state index contributed by atoms with van der Waals surface area (Å²) in [5.41, 5.74) is 1.12. The van der Waals surface area contributed by atoms with E-state index in [0.717, 1.165) is 18.2 Å². The van der Waals surface area contributed by atoms with Crippen molar-refractivity contribution in [2.45, 2.75) is 31.9 Å². The highest BCUT2D eigenvalue weighted by atomic mass is 32.2. The largest absolute Gasteiger partial charge is 0.377 e. The number of sulfonamides is 1. The van der Waals surface area contributed by atoms with E-state index >= 15 is 0 Å². The summed E-state index contributed by atoms with van der Waals surface area (Å²) < 4.78 is 30.1. The molecule has 1 aromatic carbocycles. The van der Waals surface area contributed by atoms with Gasteiger partial charge in [0.25, 0.3) is 0 Å². The average Bonchev–Trinajstić information content (AvgIpc) is 3.01. The second-order valence-corrected chi connectivity index (χ2v) is 7.65. The predicted octanol–water partition coefficient (Wildman–Crippen LogP) is 1.13. The molecule has 0 aromatic heterocycles. The molecule has 1 fully saturated rings. The maximum absolute atomic E-state index is 12.1. The summed E-state index contributed by atoms with van der Waals surface area (Å²) in [4.78, 5) is 12.1. The van der Waals surface area contributed by atoms with E-state index in [2.05, 4.69) is 5.32 Å². The van der Waals surface area contributed by atoms with Crippen molar-refractivity contribution in [2.75, 3.05) is 26.0 Å². The van der Waals surface area contributed by atoms with Gasteiger partial charge in [-0.05, 0) is 24.8 Å². The Morgan fingerprint density at radius 2 is 2.09 bits per heavy atom. The first-order valence-corrected chi connectivity index (χ1v) is 9.69. The van der Waals surface area contributed by atoms with Crippen molar-refractivity contribution in [3.63, 3.8) is 0 Å². The molecular formula is C16H24N2O4S. The number of carbonyl (C=O) groups is 1. The first kappa shape index (κ1) is 17.9. The average molecular weight is 340 g/mol. The van der Waals surface area contributed by atoms with Gasteiger partial charge in [-0.15, -0.1) is 0 Å². The molecule has 1 saturated heterocycles. The lowest BCUT2D eigenvalue weighted by Gasteiger charge is -2.21. The number of carbonyl (C=O) groups excluding carboxylic acids is 1. The number of rotatable bonds is 8. The fourth-order valence-corrected chi connectivity index (χ4v) is 3.79. The number of benzene rings is 1. The molecule has 0 radical (unpaired) electrons. The Labute approximate surface area is 137 Å². The van der Waals surface area contributed by atoms with Crippen molar-refractivity contribution in [3.05, 3.63) is 35.9 Å². The molecule has 1 aliphatic rings. The molecule has 0 aliphatic carbocycles. The molecule has 2 rings (SSSR count). The molecule has 1 unspecified atom stereocenters. The van der Waals surface area contributed by atoms with E-state index in [-0.39, 0.29) is 5.91 Å². The van der Waals surface area contributed by atoms with Gasteiger partial charge in [-0.1, -0.05) is 30.3 Å². The quantitative estimate of drug-likeness (QED) is 0.720. The molecule has 128 valence electrons. The van der Waals surface area contributed by atoms with E-state index < -0.39 is 16.1 Å². The van der Waals surface area contributed by atoms with E-state index in [1.54, 1.807) is 0 Å². The summed E-state index contributed by atoms with van der Waals surface area (Å²) in [7, 11) is -3.32. The number of amides is 1. The summed E-state index contributed by atoms with van der Waals surface area (Å²) in [5, 5.41) is 2.80. The molecule has 1 N–H and O–H groups in total. The highest BCUT2D eigenvalue weighted by Gasteiger charge is 2.36. The summed E-state index contributed by atoms with van der Waals surface area (Å²) in [5.74, 6) is -0.212. The first-order valence-electron chi connectivity index (χ1n) is 7.84. The Morgan fingerprint density at radius 3 is 2.78 bits per heavy atom. The monoisotopic (exact) mass is 340 g/mol. The summed E-state index contributed by atoms with van der Waals surface area (Å²) in [6.45, 7) is 2.02. The molecule has 1 atom stereocenters. The topological polar surface area (TPSA) is 75.7 Å². The molecule has 1 aliphatic heterocycles. The first-order chi connectivity index (χ1) is 11.0. The number of ether oxygens (including phenoxy) is 1. The van der Waals surface area contributed by atoms with Crippen LogP contribution in [0.4, 0.5) is 0 Å². The predicted molar refractivity (Wildman–Crippen MR) is 88.3 cm³/mol. The third-order valence-electron chi connectivity index (χ3n) is 3.81. The summed E-state index contributed by atoms with van der Waals surface area (Å²) >= 11 is 0. The van der Waals surface area contributed by atoms with Crippen LogP contribution in [0, 0.1) is 0 Å². The Kier molecular flexibility index (Phi) is 6.56. The maximum Gasteiger partial charge on any atom is 0.238 e. The van der Waals surface area contributed by atoms with Gasteiger partial charge in [-0.25, -0.2) is 8.42 Å². The smallest absolute Gasteiger partial charge is 0.238 e. The van der Waals surface area contributed by atoms with E-state index in [1.807, 2.05) is 30.3 Å². The Bertz CT molecular complexity index is 604. The minimum absolute atomic E-state index is 0.212. The lowest BCUT2D eigenvalue weighted by Crippen LogP contribution is -2.45. The van der Waals surface area contributed by atoms with Crippen molar-refractivity contribution in [3.8, 4) is 0 Å². The van der Waals surface area contributed by atoms with Crippen LogP contribution >= 0.6 is 0 Å². The minimum Gasteiger partial charge on any atom is -0.377 e. The Morgan fingerprint density at radius 1 is 1.35 bits per heavy atom. The van der Waals surface area contributed by atoms with Crippen LogP contribution in [0.3, 0.4) is 0 Å². The van der Waals surface area contributed by atoms with Crippen molar-refractivity contribution in [1.29, 1.82) is 0 Å². The number of nitrogens with one attached hydrogen (secondary N) is 1. The lowest BCUT2D eigenvalue weighted by molar-refractivity contribution is -0.124. The van der Waals surface area contributed by atoms with Crippen LogP contribution < -0.4 is 5.32 Å². The third kappa shape index (κ3) is 5.60. The van der Waals surface area contributed by atoms with Gasteiger partial charge in [-0.2, -0.15) is 4.31 Å². The molecule has 7 heteroatoms. The second-order valence-electron chi connectivity index (χ2n) is 5.71. The van der Waals surface area contributed by atoms with Crippen LogP contribution in [0.5, 0.6) is 0 Å². The van der Waals surface area contributed by atoms with Crippen LogP contribution in [0.1, 0.15) is 24.8 Å². The highest BCUT2D eigenvalue weighted by molar-refractivity contribution is 7.88. The van der Waals surface area contributed by atoms with E-state index in [0.29, 0.717) is 39.1 Å². The van der Waals surface area contributed by atoms with Gasteiger partial charge in [0.15, 0.2) is 0 Å². The van der Waals surface area contributed by atoms with Gasteiger partial charge < -0.3 is 10.1 Å². The molecule has 1 amide bonds. The molecule has 0 bridgehead atoms. The fourth-order valence-electron chi connectivity index (χ4n) is 2.67. The Balaban J connectivity index is 1.63. The second kappa shape index (κ2) is 8.42. The molecule has 1 aromatic rings. The number of nitrogens with zero attached hydrogens (tertiary/aromatic N) is 1. The van der Waals surface area contributed by atoms with E-state index in [4.69, 9.17) is 4.74 Å². The fraction of sp³-hybridized carbons (Fsp3) is 0.562. The molecule has 1 heterocycles. The van der Waals surface area contributed by atoms with Crippen LogP contribution in [0.2, 0.25) is 0 Å². The van der Waals surface area contributed by atoms with Crippen LogP contribution in [-0.2, 0) is 26.2 Å². The van der Waals surface area contributed by atoms with Gasteiger partial charge >= 0.3 is 0 Å². The van der Waals surface area contributed by atoms with Gasteiger partial charge in [0.05, 0.1) is 12.9 Å². The minimum atomic E-state index is -3.32. The normalized spacial score (nSPS) is 18.9. The zero-order valence-electron chi connectivity index (χ0n) is 13.4. The maximum atomic E-state index is 12.1. The van der Waals surface area contributed by atoms with Crippen molar-refractivity contribution >= 4 is 15.9 Å². The number of hydrogen-bond acceptors (Lipinski definition) is 4. The lowest BCUT2D eigenvalue weighted by atomic mass is 10.2. The molecule has 0 spiro atoms. The zero-order valence-corrected chi connectivity index (χ0v) is 14.2. The van der Waals surface area contributed by atoms with Crippen LogP contribution in [0.25, 0.3) is 0 Å². The van der Waals surface area contributed by atoms with Crippen molar-refractivity contribution in [2.24, 2.45) is 0 Å². The van der Waals surface area contributed by atoms with E-state index in [1.165, 1.54) is 4.31 Å². The van der Waals surface area contributed by atoms with Gasteiger partial charge in [-0.3, -0.25) is 4.79 Å². The van der Waals surface area contributed by atoms with Crippen LogP contribution in [0.15, 0.2) is 30.3 Å². The van der Waals surface area contributed by atoms with Crippen molar-refractivity contribution in [1.82, 2.24) is 9.62 Å². The van der Waals surface area contributed by atoms with Gasteiger partial charge in [0.2, 0.25) is 15.9 Å².